The van der Waals surface area contributed by atoms with Gasteiger partial charge in [0.15, 0.2) is 10.3 Å². The van der Waals surface area contributed by atoms with Crippen LogP contribution >= 0.6 is 53.5 Å². The van der Waals surface area contributed by atoms with Gasteiger partial charge in [0, 0.05) is 15.9 Å². The molecule has 0 N–H and O–H groups in total. The molecule has 0 fully saturated rings. The number of pyridine rings is 1. The van der Waals surface area contributed by atoms with Gasteiger partial charge in [-0.15, -0.1) is 0 Å². The minimum Gasteiger partial charge on any atom is -0.250 e. The minimum absolute atomic E-state index is 0.0668. The maximum Gasteiger partial charge on any atom is 0.151 e. The van der Waals surface area contributed by atoms with E-state index >= 15 is 0 Å². The van der Waals surface area contributed by atoms with Gasteiger partial charge in [0.05, 0.1) is 7.05 Å². The molecule has 0 amide bonds. The third-order valence-corrected chi connectivity index (χ3v) is 9.71. The van der Waals surface area contributed by atoms with Crippen molar-refractivity contribution in [2.45, 2.75) is 0 Å². The Morgan fingerprint density at radius 1 is 0.533 bits per heavy atom. The monoisotopic (exact) mass is 490 g/mol. The van der Waals surface area contributed by atoms with Crippen molar-refractivity contribution in [2.24, 2.45) is 4.74 Å². The van der Waals surface area contributed by atoms with Crippen molar-refractivity contribution in [3.63, 3.8) is 0 Å². The SMILES string of the molecule is Clc1nc(Cl)c(Cl)c(N=P(c2ccccc2)(c2ccccc2)c2ccccc2)c1Cl. The van der Waals surface area contributed by atoms with Crippen LogP contribution in [0.4, 0.5) is 5.69 Å². The summed E-state index contributed by atoms with van der Waals surface area (Å²) >= 11 is 25.5. The van der Waals surface area contributed by atoms with E-state index in [4.69, 9.17) is 51.1 Å². The van der Waals surface area contributed by atoms with Gasteiger partial charge in [-0.3, -0.25) is 4.74 Å². The zero-order valence-corrected chi connectivity index (χ0v) is 19.4. The number of hydrogen-bond acceptors (Lipinski definition) is 2. The van der Waals surface area contributed by atoms with Gasteiger partial charge in [0.2, 0.25) is 0 Å². The maximum absolute atomic E-state index is 6.53. The predicted octanol–water partition coefficient (Wildman–Crippen LogP) is 7.50. The Balaban J connectivity index is 2.22. The lowest BCUT2D eigenvalue weighted by atomic mass is 10.4. The Hall–Kier alpha value is -1.80. The van der Waals surface area contributed by atoms with Crippen LogP contribution in [0.5, 0.6) is 0 Å². The van der Waals surface area contributed by atoms with Crippen LogP contribution < -0.4 is 15.9 Å². The molecule has 0 radical (unpaired) electrons. The first-order valence-corrected chi connectivity index (χ1v) is 12.3. The van der Waals surface area contributed by atoms with E-state index < -0.39 is 7.05 Å². The Bertz CT molecular complexity index is 1100. The molecular weight excluding hydrogens is 477 g/mol. The second-order valence-electron chi connectivity index (χ2n) is 6.41. The first kappa shape index (κ1) is 21.4. The second kappa shape index (κ2) is 9.14. The topological polar surface area (TPSA) is 25.2 Å². The highest BCUT2D eigenvalue weighted by atomic mass is 35.5. The highest BCUT2D eigenvalue weighted by Crippen LogP contribution is 2.53. The van der Waals surface area contributed by atoms with E-state index in [0.29, 0.717) is 5.69 Å². The average Bonchev–Trinajstić information content (AvgIpc) is 2.80. The molecule has 1 heterocycles. The second-order valence-corrected chi connectivity index (χ2v) is 10.9. The molecule has 7 heteroatoms. The zero-order chi connectivity index (χ0) is 21.1. The standard InChI is InChI=1S/C23H15Cl4N2P/c24-19-21(20(25)23(27)28-22(19)26)29-30(16-10-4-1-5-11-16,17-12-6-2-7-13-17)18-14-8-3-9-15-18/h1-15H. The van der Waals surface area contributed by atoms with Gasteiger partial charge in [-0.05, 0) is 0 Å². The van der Waals surface area contributed by atoms with Crippen molar-refractivity contribution in [1.82, 2.24) is 4.98 Å². The molecule has 0 saturated carbocycles. The summed E-state index contributed by atoms with van der Waals surface area (Å²) in [5.41, 5.74) is 0.341. The molecule has 0 atom stereocenters. The Morgan fingerprint density at radius 3 is 1.20 bits per heavy atom. The first-order valence-electron chi connectivity index (χ1n) is 9.03. The maximum atomic E-state index is 6.53. The van der Waals surface area contributed by atoms with E-state index in [2.05, 4.69) is 41.4 Å². The first-order chi connectivity index (χ1) is 14.5. The van der Waals surface area contributed by atoms with Crippen molar-refractivity contribution in [3.8, 4) is 0 Å². The third kappa shape index (κ3) is 3.91. The molecule has 4 aromatic rings. The molecule has 150 valence electrons. The summed E-state index contributed by atoms with van der Waals surface area (Å²) in [6, 6.07) is 30.4. The summed E-state index contributed by atoms with van der Waals surface area (Å²) in [7, 11) is -2.56. The molecule has 0 saturated heterocycles. The van der Waals surface area contributed by atoms with E-state index in [1.54, 1.807) is 0 Å². The van der Waals surface area contributed by atoms with Crippen LogP contribution in [0, 0.1) is 0 Å². The van der Waals surface area contributed by atoms with Crippen molar-refractivity contribution in [3.05, 3.63) is 111 Å². The van der Waals surface area contributed by atoms with E-state index in [-0.39, 0.29) is 20.4 Å². The quantitative estimate of drug-likeness (QED) is 0.214. The summed E-state index contributed by atoms with van der Waals surface area (Å²) in [6.07, 6.45) is 0. The smallest absolute Gasteiger partial charge is 0.151 e. The van der Waals surface area contributed by atoms with Gasteiger partial charge in [-0.25, -0.2) is 4.98 Å². The van der Waals surface area contributed by atoms with Crippen molar-refractivity contribution >= 4 is 75.1 Å². The van der Waals surface area contributed by atoms with Crippen LogP contribution in [0.1, 0.15) is 0 Å². The van der Waals surface area contributed by atoms with Gasteiger partial charge < -0.3 is 0 Å². The Labute approximate surface area is 195 Å². The predicted molar refractivity (Wildman–Crippen MR) is 132 cm³/mol. The fraction of sp³-hybridized carbons (Fsp3) is 0. The molecule has 0 spiro atoms. The molecule has 0 aliphatic rings. The van der Waals surface area contributed by atoms with E-state index in [1.165, 1.54) is 0 Å². The highest BCUT2D eigenvalue weighted by molar-refractivity contribution is 7.87. The van der Waals surface area contributed by atoms with Gasteiger partial charge in [-0.1, -0.05) is 137 Å². The largest absolute Gasteiger partial charge is 0.250 e. The number of halogens is 4. The zero-order valence-electron chi connectivity index (χ0n) is 15.5. The molecule has 30 heavy (non-hydrogen) atoms. The fourth-order valence-corrected chi connectivity index (χ4v) is 7.73. The van der Waals surface area contributed by atoms with Gasteiger partial charge >= 0.3 is 0 Å². The van der Waals surface area contributed by atoms with Crippen molar-refractivity contribution in [2.75, 3.05) is 0 Å². The summed E-state index contributed by atoms with van der Waals surface area (Å²) < 4.78 is 5.26. The lowest BCUT2D eigenvalue weighted by molar-refractivity contribution is 1.32. The Morgan fingerprint density at radius 2 is 0.867 bits per heavy atom. The molecule has 3 aromatic carbocycles. The highest BCUT2D eigenvalue weighted by Gasteiger charge is 2.29. The summed E-state index contributed by atoms with van der Waals surface area (Å²) in [5, 5.41) is 3.65. The molecule has 0 bridgehead atoms. The van der Waals surface area contributed by atoms with Gasteiger partial charge in [0.1, 0.15) is 15.7 Å². The number of rotatable bonds is 4. The van der Waals surface area contributed by atoms with E-state index in [0.717, 1.165) is 15.9 Å². The van der Waals surface area contributed by atoms with Gasteiger partial charge in [0.25, 0.3) is 0 Å². The molecule has 4 rings (SSSR count). The number of hydrogen-bond donors (Lipinski definition) is 0. The third-order valence-electron chi connectivity index (χ3n) is 4.61. The lowest BCUT2D eigenvalue weighted by Gasteiger charge is -2.27. The van der Waals surface area contributed by atoms with E-state index in [1.807, 2.05) is 54.6 Å². The fourth-order valence-electron chi connectivity index (χ4n) is 3.27. The summed E-state index contributed by atoms with van der Waals surface area (Å²) in [5.74, 6) is 0. The van der Waals surface area contributed by atoms with Crippen LogP contribution in [0.15, 0.2) is 95.7 Å². The molecule has 2 nitrogen and oxygen atoms in total. The summed E-state index contributed by atoms with van der Waals surface area (Å²) in [4.78, 5) is 4.00. The van der Waals surface area contributed by atoms with Crippen LogP contribution in [0.25, 0.3) is 0 Å². The van der Waals surface area contributed by atoms with Crippen molar-refractivity contribution < 1.29 is 0 Å². The van der Waals surface area contributed by atoms with Crippen LogP contribution in [-0.4, -0.2) is 4.98 Å². The van der Waals surface area contributed by atoms with Crippen LogP contribution in [0.2, 0.25) is 20.4 Å². The lowest BCUT2D eigenvalue weighted by Crippen LogP contribution is -2.25. The summed E-state index contributed by atoms with van der Waals surface area (Å²) in [6.45, 7) is 0. The molecule has 0 aliphatic carbocycles. The molecular formula is C23H15Cl4N2P. The minimum atomic E-state index is -2.56. The van der Waals surface area contributed by atoms with Crippen LogP contribution in [0.3, 0.4) is 0 Å². The average molecular weight is 492 g/mol. The normalized spacial score (nSPS) is 11.3. The number of benzene rings is 3. The molecule has 0 unspecified atom stereocenters. The van der Waals surface area contributed by atoms with Crippen LogP contribution in [-0.2, 0) is 0 Å². The van der Waals surface area contributed by atoms with Crippen molar-refractivity contribution in [1.29, 1.82) is 0 Å². The van der Waals surface area contributed by atoms with Gasteiger partial charge in [-0.2, -0.15) is 0 Å². The van der Waals surface area contributed by atoms with E-state index in [9.17, 15) is 0 Å². The number of aromatic nitrogens is 1. The Kier molecular flexibility index (Phi) is 6.53. The molecule has 1 aromatic heterocycles. The molecule has 0 aliphatic heterocycles. The number of nitrogens with zero attached hydrogens (tertiary/aromatic N) is 2.